The molecule has 0 spiro atoms. The molecule has 0 radical (unpaired) electrons. The lowest BCUT2D eigenvalue weighted by atomic mass is 10.0. The normalized spacial score (nSPS) is 12.0. The number of carbonyl (C=O) groups excluding carboxylic acids is 2. The fourth-order valence-electron chi connectivity index (χ4n) is 4.84. The van der Waals surface area contributed by atoms with E-state index in [4.69, 9.17) is 0 Å². The van der Waals surface area contributed by atoms with Crippen molar-refractivity contribution in [1.29, 1.82) is 0 Å². The van der Waals surface area contributed by atoms with Crippen molar-refractivity contribution < 1.29 is 22.4 Å². The minimum Gasteiger partial charge on any atom is -0.354 e. The van der Waals surface area contributed by atoms with Gasteiger partial charge in [-0.05, 0) is 67.3 Å². The predicted molar refractivity (Wildman–Crippen MR) is 176 cm³/mol. The Morgan fingerprint density at radius 3 is 1.93 bits per heavy atom. The topological polar surface area (TPSA) is 86.8 Å². The number of halogens is 1. The molecule has 0 saturated heterocycles. The Bertz CT molecular complexity index is 1680. The molecular weight excluding hydrogens is 589 g/mol. The zero-order valence-corrected chi connectivity index (χ0v) is 26.9. The van der Waals surface area contributed by atoms with Crippen LogP contribution in [0.5, 0.6) is 0 Å². The molecule has 0 fully saturated rings. The summed E-state index contributed by atoms with van der Waals surface area (Å²) in [6, 6.07) is 27.4. The number of aryl methyl sites for hydroxylation is 2. The third-order valence-corrected chi connectivity index (χ3v) is 9.22. The van der Waals surface area contributed by atoms with E-state index in [2.05, 4.69) is 5.32 Å². The van der Waals surface area contributed by atoms with Crippen LogP contribution >= 0.6 is 0 Å². The lowest BCUT2D eigenvalue weighted by Crippen LogP contribution is -2.53. The Balaban J connectivity index is 1.79. The molecule has 0 aliphatic rings. The maximum atomic E-state index is 14.5. The molecule has 4 aromatic rings. The standard InChI is InChI=1S/C36H40FN3O4S/c1-26(2)23-38-36(42)34(22-29-8-6-5-7-9-29)39(24-30-14-10-27(3)11-15-30)35(41)25-40(32-18-12-28(4)13-19-32)45(43,44)33-20-16-31(37)17-21-33/h5-21,26,34H,22-25H2,1-4H3,(H,38,42). The number of hydrogen-bond acceptors (Lipinski definition) is 4. The number of rotatable bonds is 13. The van der Waals surface area contributed by atoms with E-state index in [1.807, 2.05) is 82.3 Å². The van der Waals surface area contributed by atoms with Crippen LogP contribution in [0.4, 0.5) is 10.1 Å². The minimum atomic E-state index is -4.30. The zero-order chi connectivity index (χ0) is 32.6. The van der Waals surface area contributed by atoms with Gasteiger partial charge in [0.05, 0.1) is 10.6 Å². The van der Waals surface area contributed by atoms with E-state index in [1.54, 1.807) is 24.3 Å². The van der Waals surface area contributed by atoms with Crippen molar-refractivity contribution in [3.63, 3.8) is 0 Å². The maximum absolute atomic E-state index is 14.5. The average Bonchev–Trinajstić information content (AvgIpc) is 3.02. The van der Waals surface area contributed by atoms with Gasteiger partial charge in [0.15, 0.2) is 0 Å². The SMILES string of the molecule is Cc1ccc(CN(C(=O)CN(c2ccc(C)cc2)S(=O)(=O)c2ccc(F)cc2)C(Cc2ccccc2)C(=O)NCC(C)C)cc1. The van der Waals surface area contributed by atoms with Crippen LogP contribution in [0.1, 0.15) is 36.1 Å². The summed E-state index contributed by atoms with van der Waals surface area (Å²) < 4.78 is 42.8. The second-order valence-electron chi connectivity index (χ2n) is 11.7. The molecule has 0 aromatic heterocycles. The fraction of sp³-hybridized carbons (Fsp3) is 0.278. The molecule has 2 amide bonds. The van der Waals surface area contributed by atoms with Crippen molar-refractivity contribution in [1.82, 2.24) is 10.2 Å². The van der Waals surface area contributed by atoms with Crippen LogP contribution in [-0.2, 0) is 32.6 Å². The summed E-state index contributed by atoms with van der Waals surface area (Å²) in [5.74, 6) is -1.27. The number of anilines is 1. The number of carbonyl (C=O) groups is 2. The molecule has 9 heteroatoms. The molecule has 7 nitrogen and oxygen atoms in total. The van der Waals surface area contributed by atoms with E-state index >= 15 is 0 Å². The molecular formula is C36H40FN3O4S. The molecule has 0 aliphatic heterocycles. The highest BCUT2D eigenvalue weighted by atomic mass is 32.2. The number of benzene rings is 4. The molecule has 0 aliphatic carbocycles. The largest absolute Gasteiger partial charge is 0.354 e. The van der Waals surface area contributed by atoms with Crippen LogP contribution in [0, 0.1) is 25.6 Å². The van der Waals surface area contributed by atoms with Gasteiger partial charge in [-0.3, -0.25) is 13.9 Å². The first kappa shape index (κ1) is 33.4. The Kier molecular flexibility index (Phi) is 11.1. The highest BCUT2D eigenvalue weighted by Gasteiger charge is 2.34. The predicted octanol–water partition coefficient (Wildman–Crippen LogP) is 6.05. The molecule has 45 heavy (non-hydrogen) atoms. The maximum Gasteiger partial charge on any atom is 0.264 e. The van der Waals surface area contributed by atoms with Crippen LogP contribution in [0.25, 0.3) is 0 Å². The second kappa shape index (κ2) is 15.0. The Hall–Kier alpha value is -4.50. The summed E-state index contributed by atoms with van der Waals surface area (Å²) in [5.41, 5.74) is 3.89. The number of hydrogen-bond donors (Lipinski definition) is 1. The van der Waals surface area contributed by atoms with Crippen molar-refractivity contribution in [2.75, 3.05) is 17.4 Å². The van der Waals surface area contributed by atoms with Gasteiger partial charge >= 0.3 is 0 Å². The second-order valence-corrected chi connectivity index (χ2v) is 13.5. The molecule has 1 atom stereocenters. The number of nitrogens with one attached hydrogen (secondary N) is 1. The van der Waals surface area contributed by atoms with Crippen LogP contribution in [0.15, 0.2) is 108 Å². The third-order valence-electron chi connectivity index (χ3n) is 7.43. The van der Waals surface area contributed by atoms with Gasteiger partial charge in [-0.2, -0.15) is 0 Å². The smallest absolute Gasteiger partial charge is 0.264 e. The van der Waals surface area contributed by atoms with Crippen molar-refractivity contribution >= 4 is 27.5 Å². The lowest BCUT2D eigenvalue weighted by molar-refractivity contribution is -0.140. The molecule has 1 N–H and O–H groups in total. The van der Waals surface area contributed by atoms with E-state index in [9.17, 15) is 22.4 Å². The van der Waals surface area contributed by atoms with E-state index in [1.165, 1.54) is 17.0 Å². The first-order valence-corrected chi connectivity index (χ1v) is 16.4. The molecule has 4 rings (SSSR count). The quantitative estimate of drug-likeness (QED) is 0.195. The van der Waals surface area contributed by atoms with Crippen LogP contribution in [0.2, 0.25) is 0 Å². The zero-order valence-electron chi connectivity index (χ0n) is 26.1. The molecule has 4 aromatic carbocycles. The third kappa shape index (κ3) is 9.01. The average molecular weight is 630 g/mol. The van der Waals surface area contributed by atoms with Gasteiger partial charge in [-0.1, -0.05) is 91.7 Å². The highest BCUT2D eigenvalue weighted by molar-refractivity contribution is 7.92. The lowest BCUT2D eigenvalue weighted by Gasteiger charge is -2.34. The van der Waals surface area contributed by atoms with Crippen LogP contribution < -0.4 is 9.62 Å². The summed E-state index contributed by atoms with van der Waals surface area (Å²) in [6.45, 7) is 7.75. The van der Waals surface area contributed by atoms with Gasteiger partial charge in [0, 0.05) is 19.5 Å². The first-order valence-electron chi connectivity index (χ1n) is 15.0. The Morgan fingerprint density at radius 2 is 1.36 bits per heavy atom. The summed E-state index contributed by atoms with van der Waals surface area (Å²) in [7, 11) is -4.30. The van der Waals surface area contributed by atoms with E-state index in [0.29, 0.717) is 6.54 Å². The summed E-state index contributed by atoms with van der Waals surface area (Å²) in [6.07, 6.45) is 0.234. The number of nitrogens with zero attached hydrogens (tertiary/aromatic N) is 2. The van der Waals surface area contributed by atoms with Gasteiger partial charge < -0.3 is 10.2 Å². The summed E-state index contributed by atoms with van der Waals surface area (Å²) in [4.78, 5) is 29.6. The van der Waals surface area contributed by atoms with Gasteiger partial charge in [-0.15, -0.1) is 0 Å². The molecule has 236 valence electrons. The highest BCUT2D eigenvalue weighted by Crippen LogP contribution is 2.26. The van der Waals surface area contributed by atoms with Gasteiger partial charge in [0.25, 0.3) is 10.0 Å². The molecule has 0 heterocycles. The molecule has 1 unspecified atom stereocenters. The van der Waals surface area contributed by atoms with Crippen molar-refractivity contribution in [2.45, 2.75) is 51.6 Å². The monoisotopic (exact) mass is 629 g/mol. The van der Waals surface area contributed by atoms with E-state index < -0.39 is 34.3 Å². The number of amides is 2. The van der Waals surface area contributed by atoms with Gasteiger partial charge in [0.2, 0.25) is 11.8 Å². The van der Waals surface area contributed by atoms with Gasteiger partial charge in [0.1, 0.15) is 18.4 Å². The summed E-state index contributed by atoms with van der Waals surface area (Å²) >= 11 is 0. The van der Waals surface area contributed by atoms with Crippen molar-refractivity contribution in [2.24, 2.45) is 5.92 Å². The Labute approximate surface area is 265 Å². The first-order chi connectivity index (χ1) is 21.4. The number of sulfonamides is 1. The van der Waals surface area contributed by atoms with Crippen LogP contribution in [0.3, 0.4) is 0 Å². The van der Waals surface area contributed by atoms with E-state index in [0.717, 1.165) is 38.7 Å². The molecule has 0 saturated carbocycles. The molecule has 0 bridgehead atoms. The van der Waals surface area contributed by atoms with Gasteiger partial charge in [-0.25, -0.2) is 12.8 Å². The minimum absolute atomic E-state index is 0.0873. The van der Waals surface area contributed by atoms with E-state index in [-0.39, 0.29) is 35.4 Å². The van der Waals surface area contributed by atoms with Crippen LogP contribution in [-0.4, -0.2) is 44.3 Å². The summed E-state index contributed by atoms with van der Waals surface area (Å²) in [5, 5.41) is 2.99. The van der Waals surface area contributed by atoms with Crippen molar-refractivity contribution in [3.8, 4) is 0 Å². The Morgan fingerprint density at radius 1 is 0.778 bits per heavy atom. The fourth-order valence-corrected chi connectivity index (χ4v) is 6.25. The van der Waals surface area contributed by atoms with Crippen molar-refractivity contribution in [3.05, 3.63) is 131 Å².